The second kappa shape index (κ2) is 7.35. The highest BCUT2D eigenvalue weighted by Gasteiger charge is 2.31. The van der Waals surface area contributed by atoms with Crippen LogP contribution in [0.5, 0.6) is 0 Å². The lowest BCUT2D eigenvalue weighted by Gasteiger charge is -2.31. The summed E-state index contributed by atoms with van der Waals surface area (Å²) in [4.78, 5) is 31.1. The summed E-state index contributed by atoms with van der Waals surface area (Å²) >= 11 is 3.38. The first kappa shape index (κ1) is 17.6. The topological polar surface area (TPSA) is 91.0 Å². The Hall–Kier alpha value is -2.22. The Labute approximate surface area is 154 Å². The molecule has 1 aliphatic rings. The number of pyridine rings is 1. The summed E-state index contributed by atoms with van der Waals surface area (Å²) in [5.41, 5.74) is 2.20. The third-order valence-electron chi connectivity index (χ3n) is 4.32. The molecule has 0 aromatic carbocycles. The van der Waals surface area contributed by atoms with E-state index in [0.29, 0.717) is 29.1 Å². The molecule has 2 amide bonds. The van der Waals surface area contributed by atoms with Gasteiger partial charge in [-0.25, -0.2) is 4.98 Å². The lowest BCUT2D eigenvalue weighted by atomic mass is 9.97. The van der Waals surface area contributed by atoms with E-state index < -0.39 is 0 Å². The van der Waals surface area contributed by atoms with Crippen LogP contribution in [0.25, 0.3) is 0 Å². The lowest BCUT2D eigenvalue weighted by molar-refractivity contribution is -0.121. The number of hydrogen-bond donors (Lipinski definition) is 2. The molecule has 1 unspecified atom stereocenters. The summed E-state index contributed by atoms with van der Waals surface area (Å²) in [6, 6.07) is 3.68. The highest BCUT2D eigenvalue weighted by molar-refractivity contribution is 9.10. The minimum atomic E-state index is -0.250. The van der Waals surface area contributed by atoms with E-state index in [1.54, 1.807) is 17.2 Å². The fraction of sp³-hybridized carbons (Fsp3) is 0.412. The fourth-order valence-electron chi connectivity index (χ4n) is 2.85. The van der Waals surface area contributed by atoms with Crippen LogP contribution in [0, 0.1) is 19.8 Å². The number of nitrogens with zero attached hydrogens (tertiary/aromatic N) is 3. The molecule has 2 N–H and O–H groups in total. The van der Waals surface area contributed by atoms with Gasteiger partial charge in [-0.05, 0) is 54.2 Å². The monoisotopic (exact) mass is 405 g/mol. The van der Waals surface area contributed by atoms with Gasteiger partial charge >= 0.3 is 0 Å². The Morgan fingerprint density at radius 2 is 2.16 bits per heavy atom. The number of rotatable bonds is 3. The van der Waals surface area contributed by atoms with Crippen molar-refractivity contribution in [3.05, 3.63) is 39.8 Å². The normalized spacial score (nSPS) is 17.4. The van der Waals surface area contributed by atoms with Gasteiger partial charge in [0.25, 0.3) is 5.91 Å². The van der Waals surface area contributed by atoms with Crippen LogP contribution in [-0.4, -0.2) is 45.0 Å². The maximum absolute atomic E-state index is 12.7. The minimum Gasteiger partial charge on any atom is -0.336 e. The van der Waals surface area contributed by atoms with Crippen LogP contribution in [0.15, 0.2) is 22.8 Å². The van der Waals surface area contributed by atoms with Crippen molar-refractivity contribution in [2.24, 2.45) is 5.92 Å². The van der Waals surface area contributed by atoms with Gasteiger partial charge in [-0.15, -0.1) is 0 Å². The van der Waals surface area contributed by atoms with Gasteiger partial charge in [-0.3, -0.25) is 14.7 Å². The van der Waals surface area contributed by atoms with Crippen LogP contribution in [-0.2, 0) is 4.79 Å². The van der Waals surface area contributed by atoms with Crippen molar-refractivity contribution in [2.75, 3.05) is 18.4 Å². The van der Waals surface area contributed by atoms with Crippen LogP contribution in [0.4, 0.5) is 5.82 Å². The quantitative estimate of drug-likeness (QED) is 0.820. The Bertz CT molecular complexity index is 787. The van der Waals surface area contributed by atoms with Gasteiger partial charge in [-0.1, -0.05) is 6.07 Å². The molecule has 2 aromatic heterocycles. The van der Waals surface area contributed by atoms with Gasteiger partial charge in [0.2, 0.25) is 5.91 Å². The largest absolute Gasteiger partial charge is 0.336 e. The van der Waals surface area contributed by atoms with E-state index >= 15 is 0 Å². The van der Waals surface area contributed by atoms with Crippen LogP contribution in [0.1, 0.15) is 34.6 Å². The van der Waals surface area contributed by atoms with Crippen LogP contribution >= 0.6 is 15.9 Å². The summed E-state index contributed by atoms with van der Waals surface area (Å²) < 4.78 is 0.674. The first-order chi connectivity index (χ1) is 12.0. The van der Waals surface area contributed by atoms with Gasteiger partial charge in [0.05, 0.1) is 10.4 Å². The van der Waals surface area contributed by atoms with Crippen molar-refractivity contribution in [2.45, 2.75) is 26.7 Å². The van der Waals surface area contributed by atoms with E-state index in [9.17, 15) is 9.59 Å². The van der Waals surface area contributed by atoms with Crippen LogP contribution in [0.2, 0.25) is 0 Å². The van der Waals surface area contributed by atoms with E-state index in [0.717, 1.165) is 24.1 Å². The number of carbonyl (C=O) groups is 2. The van der Waals surface area contributed by atoms with Crippen molar-refractivity contribution >= 4 is 33.6 Å². The molecule has 132 valence electrons. The van der Waals surface area contributed by atoms with E-state index in [2.05, 4.69) is 36.4 Å². The molecule has 1 saturated heterocycles. The number of H-pyrrole nitrogens is 1. The molecule has 0 saturated carbocycles. The third kappa shape index (κ3) is 3.89. The number of aromatic nitrogens is 3. The Balaban J connectivity index is 1.66. The van der Waals surface area contributed by atoms with Crippen LogP contribution < -0.4 is 5.32 Å². The Kier molecular flexibility index (Phi) is 5.17. The fourth-order valence-corrected chi connectivity index (χ4v) is 3.20. The standard InChI is InChI=1S/C17H20BrN5O2/c1-10-5-6-13(19-8-10)20-16(24)12-4-3-7-23(9-12)17(25)15-14(18)11(2)21-22-15/h5-6,8,12H,3-4,7,9H2,1-2H3,(H,21,22)(H,19,20,24). The van der Waals surface area contributed by atoms with Gasteiger partial charge in [-0.2, -0.15) is 5.10 Å². The maximum Gasteiger partial charge on any atom is 0.275 e. The molecule has 1 aliphatic heterocycles. The summed E-state index contributed by atoms with van der Waals surface area (Å²) in [5, 5.41) is 9.69. The Morgan fingerprint density at radius 3 is 2.80 bits per heavy atom. The zero-order valence-electron chi connectivity index (χ0n) is 14.2. The van der Waals surface area contributed by atoms with Crippen molar-refractivity contribution < 1.29 is 9.59 Å². The zero-order valence-corrected chi connectivity index (χ0v) is 15.8. The summed E-state index contributed by atoms with van der Waals surface area (Å²) in [6.45, 7) is 4.80. The second-order valence-corrected chi connectivity index (χ2v) is 7.10. The van der Waals surface area contributed by atoms with Crippen molar-refractivity contribution in [1.82, 2.24) is 20.1 Å². The number of amides is 2. The SMILES string of the molecule is Cc1ccc(NC(=O)C2CCCN(C(=O)c3n[nH]c(C)c3Br)C2)nc1. The molecule has 1 fully saturated rings. The summed E-state index contributed by atoms with van der Waals surface area (Å²) in [7, 11) is 0. The summed E-state index contributed by atoms with van der Waals surface area (Å²) in [5.74, 6) is 0.0117. The van der Waals surface area contributed by atoms with Gasteiger partial charge in [0.1, 0.15) is 5.82 Å². The molecule has 3 heterocycles. The minimum absolute atomic E-state index is 0.105. The number of piperidine rings is 1. The highest BCUT2D eigenvalue weighted by atomic mass is 79.9. The lowest BCUT2D eigenvalue weighted by Crippen LogP contribution is -2.44. The molecule has 0 bridgehead atoms. The molecule has 2 aromatic rings. The van der Waals surface area contributed by atoms with Gasteiger partial charge < -0.3 is 10.2 Å². The first-order valence-electron chi connectivity index (χ1n) is 8.19. The number of aromatic amines is 1. The number of halogens is 1. The first-order valence-corrected chi connectivity index (χ1v) is 8.98. The zero-order chi connectivity index (χ0) is 18.0. The van der Waals surface area contributed by atoms with Crippen LogP contribution in [0.3, 0.4) is 0 Å². The molecular weight excluding hydrogens is 386 g/mol. The summed E-state index contributed by atoms with van der Waals surface area (Å²) in [6.07, 6.45) is 3.25. The maximum atomic E-state index is 12.7. The number of carbonyl (C=O) groups excluding carboxylic acids is 2. The molecular formula is C17H20BrN5O2. The molecule has 7 nitrogen and oxygen atoms in total. The molecule has 3 rings (SSSR count). The molecule has 0 radical (unpaired) electrons. The van der Waals surface area contributed by atoms with E-state index in [1.165, 1.54) is 0 Å². The average molecular weight is 406 g/mol. The molecule has 1 atom stereocenters. The highest BCUT2D eigenvalue weighted by Crippen LogP contribution is 2.24. The smallest absolute Gasteiger partial charge is 0.275 e. The van der Waals surface area contributed by atoms with E-state index in [1.807, 2.05) is 19.9 Å². The molecule has 25 heavy (non-hydrogen) atoms. The van der Waals surface area contributed by atoms with Gasteiger partial charge in [0, 0.05) is 25.0 Å². The molecule has 8 heteroatoms. The number of likely N-dealkylation sites (tertiary alicyclic amines) is 1. The van der Waals surface area contributed by atoms with E-state index in [4.69, 9.17) is 0 Å². The predicted octanol–water partition coefficient (Wildman–Crippen LogP) is 2.67. The van der Waals surface area contributed by atoms with Crippen molar-refractivity contribution in [3.63, 3.8) is 0 Å². The second-order valence-electron chi connectivity index (χ2n) is 6.31. The average Bonchev–Trinajstić information content (AvgIpc) is 2.95. The molecule has 0 spiro atoms. The number of nitrogens with one attached hydrogen (secondary N) is 2. The molecule has 0 aliphatic carbocycles. The third-order valence-corrected chi connectivity index (χ3v) is 5.29. The predicted molar refractivity (Wildman–Crippen MR) is 97.3 cm³/mol. The number of anilines is 1. The van der Waals surface area contributed by atoms with Crippen molar-refractivity contribution in [3.8, 4) is 0 Å². The van der Waals surface area contributed by atoms with Crippen molar-refractivity contribution in [1.29, 1.82) is 0 Å². The van der Waals surface area contributed by atoms with E-state index in [-0.39, 0.29) is 17.7 Å². The Morgan fingerprint density at radius 1 is 1.36 bits per heavy atom. The number of hydrogen-bond acceptors (Lipinski definition) is 4. The number of aryl methyl sites for hydroxylation is 2. The van der Waals surface area contributed by atoms with Gasteiger partial charge in [0.15, 0.2) is 5.69 Å².